The molecule has 1 aromatic carbocycles. The molecule has 16 heavy (non-hydrogen) atoms. The zero-order valence-electron chi connectivity index (χ0n) is 8.52. The molecular formula is C12H11ClN2O. The van der Waals surface area contributed by atoms with Crippen LogP contribution in [0, 0.1) is 0 Å². The third-order valence-corrected chi connectivity index (χ3v) is 2.58. The van der Waals surface area contributed by atoms with Gasteiger partial charge in [-0.3, -0.25) is 4.98 Å². The number of rotatable bonds is 2. The van der Waals surface area contributed by atoms with Gasteiger partial charge in [0.1, 0.15) is 5.75 Å². The van der Waals surface area contributed by atoms with E-state index in [-0.39, 0.29) is 5.75 Å². The number of hydrogen-bond acceptors (Lipinski definition) is 3. The first-order valence-corrected chi connectivity index (χ1v) is 5.23. The summed E-state index contributed by atoms with van der Waals surface area (Å²) in [6.07, 6.45) is 1.66. The Morgan fingerprint density at radius 3 is 2.69 bits per heavy atom. The molecule has 0 amide bonds. The highest BCUT2D eigenvalue weighted by molar-refractivity contribution is 6.33. The summed E-state index contributed by atoms with van der Waals surface area (Å²) in [7, 11) is 0. The summed E-state index contributed by atoms with van der Waals surface area (Å²) in [6, 6.07) is 8.71. The first-order valence-electron chi connectivity index (χ1n) is 4.85. The van der Waals surface area contributed by atoms with Crippen molar-refractivity contribution < 1.29 is 5.11 Å². The highest BCUT2D eigenvalue weighted by atomic mass is 35.5. The molecular weight excluding hydrogens is 224 g/mol. The molecule has 0 aliphatic heterocycles. The number of benzene rings is 1. The fourth-order valence-corrected chi connectivity index (χ4v) is 1.75. The predicted molar refractivity (Wildman–Crippen MR) is 64.2 cm³/mol. The van der Waals surface area contributed by atoms with Crippen LogP contribution in [0.15, 0.2) is 36.5 Å². The Hall–Kier alpha value is -1.58. The molecule has 0 fully saturated rings. The maximum absolute atomic E-state index is 9.69. The van der Waals surface area contributed by atoms with E-state index in [1.807, 2.05) is 6.07 Å². The number of phenolic OH excluding ortho intramolecular Hbond substituents is 1. The molecule has 0 bridgehead atoms. The van der Waals surface area contributed by atoms with Gasteiger partial charge >= 0.3 is 0 Å². The Morgan fingerprint density at radius 2 is 2.06 bits per heavy atom. The molecule has 4 heteroatoms. The monoisotopic (exact) mass is 234 g/mol. The smallest absolute Gasteiger partial charge is 0.125 e. The van der Waals surface area contributed by atoms with E-state index in [2.05, 4.69) is 4.98 Å². The van der Waals surface area contributed by atoms with Gasteiger partial charge in [-0.2, -0.15) is 0 Å². The third-order valence-electron chi connectivity index (χ3n) is 2.29. The molecule has 82 valence electrons. The second-order valence-electron chi connectivity index (χ2n) is 3.40. The van der Waals surface area contributed by atoms with Crippen LogP contribution < -0.4 is 5.73 Å². The molecule has 2 aromatic rings. The number of para-hydroxylation sites is 1. The summed E-state index contributed by atoms with van der Waals surface area (Å²) >= 11 is 6.09. The molecule has 3 N–H and O–H groups in total. The Kier molecular flexibility index (Phi) is 3.08. The van der Waals surface area contributed by atoms with Gasteiger partial charge in [0, 0.05) is 18.3 Å². The lowest BCUT2D eigenvalue weighted by atomic mass is 10.1. The van der Waals surface area contributed by atoms with E-state index in [1.165, 1.54) is 0 Å². The van der Waals surface area contributed by atoms with E-state index in [0.717, 1.165) is 5.56 Å². The van der Waals surface area contributed by atoms with E-state index >= 15 is 0 Å². The molecule has 0 unspecified atom stereocenters. The number of pyridine rings is 1. The maximum Gasteiger partial charge on any atom is 0.125 e. The lowest BCUT2D eigenvalue weighted by molar-refractivity contribution is 0.477. The number of aromatic hydroxyl groups is 1. The van der Waals surface area contributed by atoms with Gasteiger partial charge in [-0.05, 0) is 23.8 Å². The zero-order chi connectivity index (χ0) is 11.5. The van der Waals surface area contributed by atoms with E-state index < -0.39 is 0 Å². The van der Waals surface area contributed by atoms with Crippen LogP contribution >= 0.6 is 11.6 Å². The van der Waals surface area contributed by atoms with Gasteiger partial charge in [-0.15, -0.1) is 0 Å². The van der Waals surface area contributed by atoms with Crippen LogP contribution in [0.1, 0.15) is 5.56 Å². The molecule has 0 radical (unpaired) electrons. The van der Waals surface area contributed by atoms with Gasteiger partial charge in [0.2, 0.25) is 0 Å². The quantitative estimate of drug-likeness (QED) is 0.840. The summed E-state index contributed by atoms with van der Waals surface area (Å²) in [5, 5.41) is 10.2. The molecule has 0 aliphatic rings. The van der Waals surface area contributed by atoms with Crippen molar-refractivity contribution in [2.75, 3.05) is 0 Å². The summed E-state index contributed by atoms with van der Waals surface area (Å²) in [6.45, 7) is 0.397. The number of aromatic nitrogens is 1. The minimum absolute atomic E-state index is 0.164. The normalized spacial score (nSPS) is 10.4. The average Bonchev–Trinajstić information content (AvgIpc) is 2.30. The van der Waals surface area contributed by atoms with E-state index in [0.29, 0.717) is 22.8 Å². The van der Waals surface area contributed by atoms with Crippen LogP contribution in [-0.4, -0.2) is 10.1 Å². The minimum Gasteiger partial charge on any atom is -0.507 e. The Morgan fingerprint density at radius 1 is 1.31 bits per heavy atom. The maximum atomic E-state index is 9.69. The van der Waals surface area contributed by atoms with Crippen molar-refractivity contribution >= 4 is 11.6 Å². The van der Waals surface area contributed by atoms with Gasteiger partial charge in [-0.25, -0.2) is 0 Å². The van der Waals surface area contributed by atoms with Gasteiger partial charge in [0.05, 0.1) is 10.7 Å². The largest absolute Gasteiger partial charge is 0.507 e. The minimum atomic E-state index is 0.164. The molecule has 1 heterocycles. The van der Waals surface area contributed by atoms with Crippen LogP contribution in [0.25, 0.3) is 11.3 Å². The summed E-state index contributed by atoms with van der Waals surface area (Å²) in [5.41, 5.74) is 7.54. The highest BCUT2D eigenvalue weighted by Gasteiger charge is 2.09. The van der Waals surface area contributed by atoms with Crippen LogP contribution in [0.2, 0.25) is 5.02 Å². The van der Waals surface area contributed by atoms with Crippen LogP contribution in [-0.2, 0) is 6.54 Å². The zero-order valence-corrected chi connectivity index (χ0v) is 9.28. The number of phenols is 1. The molecule has 0 spiro atoms. The van der Waals surface area contributed by atoms with E-state index in [1.54, 1.807) is 30.5 Å². The summed E-state index contributed by atoms with van der Waals surface area (Å²) < 4.78 is 0. The fourth-order valence-electron chi connectivity index (χ4n) is 1.46. The van der Waals surface area contributed by atoms with Gasteiger partial charge in [0.15, 0.2) is 0 Å². The third kappa shape index (κ3) is 2.01. The molecule has 0 saturated carbocycles. The van der Waals surface area contributed by atoms with Crippen molar-refractivity contribution in [2.24, 2.45) is 5.73 Å². The van der Waals surface area contributed by atoms with E-state index in [4.69, 9.17) is 17.3 Å². The summed E-state index contributed by atoms with van der Waals surface area (Å²) in [4.78, 5) is 4.21. The van der Waals surface area contributed by atoms with Crippen molar-refractivity contribution in [2.45, 2.75) is 6.54 Å². The Bertz CT molecular complexity index is 514. The van der Waals surface area contributed by atoms with Gasteiger partial charge in [0.25, 0.3) is 0 Å². The highest BCUT2D eigenvalue weighted by Crippen LogP contribution is 2.32. The van der Waals surface area contributed by atoms with Crippen molar-refractivity contribution in [3.63, 3.8) is 0 Å². The molecule has 2 rings (SSSR count). The molecule has 0 saturated heterocycles. The average molecular weight is 235 g/mol. The number of nitrogens with two attached hydrogens (primary N) is 1. The fraction of sp³-hybridized carbons (Fsp3) is 0.0833. The van der Waals surface area contributed by atoms with Gasteiger partial charge in [-0.1, -0.05) is 23.7 Å². The second-order valence-corrected chi connectivity index (χ2v) is 3.80. The van der Waals surface area contributed by atoms with Crippen LogP contribution in [0.4, 0.5) is 0 Å². The lowest BCUT2D eigenvalue weighted by Crippen LogP contribution is -1.97. The predicted octanol–water partition coefficient (Wildman–Crippen LogP) is 2.57. The van der Waals surface area contributed by atoms with Crippen LogP contribution in [0.5, 0.6) is 5.75 Å². The number of hydrogen-bond donors (Lipinski definition) is 2. The second kappa shape index (κ2) is 4.51. The van der Waals surface area contributed by atoms with Crippen molar-refractivity contribution in [1.29, 1.82) is 0 Å². The lowest BCUT2D eigenvalue weighted by Gasteiger charge is -2.06. The molecule has 0 atom stereocenters. The number of halogens is 1. The number of nitrogens with zero attached hydrogens (tertiary/aromatic N) is 1. The molecule has 0 aliphatic carbocycles. The SMILES string of the molecule is NCc1cnc(-c2ccccc2O)c(Cl)c1. The molecule has 1 aromatic heterocycles. The van der Waals surface area contributed by atoms with Gasteiger partial charge < -0.3 is 10.8 Å². The Balaban J connectivity index is 2.53. The van der Waals surface area contributed by atoms with Crippen molar-refractivity contribution in [3.8, 4) is 17.0 Å². The first kappa shape index (κ1) is 10.9. The first-order chi connectivity index (χ1) is 7.72. The van der Waals surface area contributed by atoms with E-state index in [9.17, 15) is 5.11 Å². The van der Waals surface area contributed by atoms with Crippen molar-refractivity contribution in [3.05, 3.63) is 47.1 Å². The van der Waals surface area contributed by atoms with Crippen LogP contribution in [0.3, 0.4) is 0 Å². The Labute approximate surface area is 98.5 Å². The molecule has 3 nitrogen and oxygen atoms in total. The van der Waals surface area contributed by atoms with Crippen molar-refractivity contribution in [1.82, 2.24) is 4.98 Å². The topological polar surface area (TPSA) is 59.1 Å². The standard InChI is InChI=1S/C12H11ClN2O/c13-10-5-8(6-14)7-15-12(10)9-3-1-2-4-11(9)16/h1-5,7,16H,6,14H2. The summed E-state index contributed by atoms with van der Waals surface area (Å²) in [5.74, 6) is 0.164.